The van der Waals surface area contributed by atoms with Crippen molar-refractivity contribution in [3.63, 3.8) is 0 Å². The lowest BCUT2D eigenvalue weighted by molar-refractivity contribution is 0.612. The van der Waals surface area contributed by atoms with Crippen LogP contribution in [0.5, 0.6) is 0 Å². The SMILES string of the molecule is CC(NN)c1cc(Br)cs1. The zero-order valence-electron chi connectivity index (χ0n) is 5.60. The van der Waals surface area contributed by atoms with Gasteiger partial charge in [-0.25, -0.2) is 0 Å². The molecule has 0 saturated heterocycles. The van der Waals surface area contributed by atoms with Gasteiger partial charge in [-0.3, -0.25) is 11.3 Å². The molecule has 0 spiro atoms. The monoisotopic (exact) mass is 220 g/mol. The van der Waals surface area contributed by atoms with E-state index in [0.717, 1.165) is 4.47 Å². The Labute approximate surface area is 72.5 Å². The highest BCUT2D eigenvalue weighted by Gasteiger charge is 2.03. The van der Waals surface area contributed by atoms with Crippen molar-refractivity contribution in [2.45, 2.75) is 13.0 Å². The predicted molar refractivity (Wildman–Crippen MR) is 47.8 cm³/mol. The summed E-state index contributed by atoms with van der Waals surface area (Å²) in [5.74, 6) is 5.25. The third kappa shape index (κ3) is 1.79. The molecule has 3 N–H and O–H groups in total. The van der Waals surface area contributed by atoms with Crippen LogP contribution < -0.4 is 11.3 Å². The molecule has 0 fully saturated rings. The first-order valence-corrected chi connectivity index (χ1v) is 4.61. The molecule has 1 rings (SSSR count). The van der Waals surface area contributed by atoms with Gasteiger partial charge >= 0.3 is 0 Å². The van der Waals surface area contributed by atoms with Crippen LogP contribution in [0.1, 0.15) is 17.8 Å². The summed E-state index contributed by atoms with van der Waals surface area (Å²) in [6, 6.07) is 2.31. The van der Waals surface area contributed by atoms with Crippen LogP contribution in [0.25, 0.3) is 0 Å². The van der Waals surface area contributed by atoms with Crippen molar-refractivity contribution in [2.24, 2.45) is 5.84 Å². The molecule has 2 nitrogen and oxygen atoms in total. The highest BCUT2D eigenvalue weighted by atomic mass is 79.9. The maximum absolute atomic E-state index is 5.25. The van der Waals surface area contributed by atoms with Crippen LogP contribution in [0.4, 0.5) is 0 Å². The molecule has 0 aliphatic rings. The molecule has 1 atom stereocenters. The number of halogens is 1. The Balaban J connectivity index is 2.74. The smallest absolute Gasteiger partial charge is 0.0525 e. The van der Waals surface area contributed by atoms with E-state index >= 15 is 0 Å². The quantitative estimate of drug-likeness (QED) is 0.592. The minimum Gasteiger partial charge on any atom is -0.271 e. The van der Waals surface area contributed by atoms with Gasteiger partial charge in [0.1, 0.15) is 0 Å². The second-order valence-electron chi connectivity index (χ2n) is 2.06. The number of nitrogens with two attached hydrogens (primary N) is 1. The first-order chi connectivity index (χ1) is 4.74. The minimum absolute atomic E-state index is 0.247. The van der Waals surface area contributed by atoms with Crippen molar-refractivity contribution in [3.8, 4) is 0 Å². The van der Waals surface area contributed by atoms with Gasteiger partial charge in [0.15, 0.2) is 0 Å². The molecule has 0 bridgehead atoms. The van der Waals surface area contributed by atoms with Gasteiger partial charge in [-0.2, -0.15) is 0 Å². The van der Waals surface area contributed by atoms with Crippen molar-refractivity contribution < 1.29 is 0 Å². The van der Waals surface area contributed by atoms with Crippen molar-refractivity contribution in [2.75, 3.05) is 0 Å². The second-order valence-corrected chi connectivity index (χ2v) is 3.91. The van der Waals surface area contributed by atoms with Crippen LogP contribution in [-0.4, -0.2) is 0 Å². The fourth-order valence-corrected chi connectivity index (χ4v) is 2.10. The van der Waals surface area contributed by atoms with Crippen LogP contribution >= 0.6 is 27.3 Å². The van der Waals surface area contributed by atoms with E-state index in [4.69, 9.17) is 5.84 Å². The van der Waals surface area contributed by atoms with Gasteiger partial charge in [0.2, 0.25) is 0 Å². The molecule has 0 radical (unpaired) electrons. The fraction of sp³-hybridized carbons (Fsp3) is 0.333. The molecule has 0 aliphatic carbocycles. The summed E-state index contributed by atoms with van der Waals surface area (Å²) < 4.78 is 1.12. The van der Waals surface area contributed by atoms with Crippen LogP contribution in [-0.2, 0) is 0 Å². The molecule has 0 aromatic carbocycles. The van der Waals surface area contributed by atoms with E-state index in [0.29, 0.717) is 0 Å². The highest BCUT2D eigenvalue weighted by Crippen LogP contribution is 2.24. The fourth-order valence-electron chi connectivity index (χ4n) is 0.637. The van der Waals surface area contributed by atoms with E-state index in [-0.39, 0.29) is 6.04 Å². The average molecular weight is 221 g/mol. The molecule has 4 heteroatoms. The molecule has 1 aromatic heterocycles. The van der Waals surface area contributed by atoms with Crippen LogP contribution in [0.3, 0.4) is 0 Å². The third-order valence-corrected chi connectivity index (χ3v) is 3.14. The number of rotatable bonds is 2. The maximum Gasteiger partial charge on any atom is 0.0525 e. The summed E-state index contributed by atoms with van der Waals surface area (Å²) in [4.78, 5) is 1.24. The first-order valence-electron chi connectivity index (χ1n) is 2.94. The largest absolute Gasteiger partial charge is 0.271 e. The number of hydrogen-bond acceptors (Lipinski definition) is 3. The Morgan fingerprint density at radius 2 is 2.50 bits per heavy atom. The molecule has 1 aromatic rings. The Morgan fingerprint density at radius 3 is 2.90 bits per heavy atom. The molecule has 0 aliphatic heterocycles. The molecule has 1 unspecified atom stereocenters. The lowest BCUT2D eigenvalue weighted by Gasteiger charge is -2.04. The first kappa shape index (κ1) is 8.20. The number of nitrogens with one attached hydrogen (secondary N) is 1. The molecular weight excluding hydrogens is 212 g/mol. The Bertz CT molecular complexity index is 211. The summed E-state index contributed by atoms with van der Waals surface area (Å²) in [7, 11) is 0. The van der Waals surface area contributed by atoms with Crippen molar-refractivity contribution in [3.05, 3.63) is 20.8 Å². The Hall–Kier alpha value is 0.1000. The molecule has 0 amide bonds. The minimum atomic E-state index is 0.247. The van der Waals surface area contributed by atoms with Crippen molar-refractivity contribution >= 4 is 27.3 Å². The zero-order valence-corrected chi connectivity index (χ0v) is 8.00. The number of hydrogen-bond donors (Lipinski definition) is 2. The van der Waals surface area contributed by atoms with Gasteiger partial charge < -0.3 is 0 Å². The van der Waals surface area contributed by atoms with Gasteiger partial charge in [-0.15, -0.1) is 11.3 Å². The standard InChI is InChI=1S/C6H9BrN2S/c1-4(9-8)6-2-5(7)3-10-6/h2-4,9H,8H2,1H3. The highest BCUT2D eigenvalue weighted by molar-refractivity contribution is 9.10. The predicted octanol–water partition coefficient (Wildman–Crippen LogP) is 2.03. The maximum atomic E-state index is 5.25. The summed E-state index contributed by atoms with van der Waals surface area (Å²) in [5.41, 5.74) is 2.68. The molecule has 56 valence electrons. The summed E-state index contributed by atoms with van der Waals surface area (Å²) in [5, 5.41) is 2.04. The molecule has 1 heterocycles. The Morgan fingerprint density at radius 1 is 1.80 bits per heavy atom. The average Bonchev–Trinajstić information content (AvgIpc) is 2.34. The normalized spacial score (nSPS) is 13.5. The lowest BCUT2D eigenvalue weighted by Crippen LogP contribution is -2.24. The lowest BCUT2D eigenvalue weighted by atomic mass is 10.3. The van der Waals surface area contributed by atoms with Crippen LogP contribution in [0.2, 0.25) is 0 Å². The van der Waals surface area contributed by atoms with E-state index in [1.54, 1.807) is 11.3 Å². The third-order valence-electron chi connectivity index (χ3n) is 1.26. The van der Waals surface area contributed by atoms with E-state index in [1.165, 1.54) is 4.88 Å². The summed E-state index contributed by atoms with van der Waals surface area (Å²) >= 11 is 5.06. The van der Waals surface area contributed by atoms with Gasteiger partial charge in [0, 0.05) is 14.7 Å². The van der Waals surface area contributed by atoms with Gasteiger partial charge in [-0.1, -0.05) is 0 Å². The van der Waals surface area contributed by atoms with E-state index in [1.807, 2.05) is 12.3 Å². The Kier molecular flexibility index (Phi) is 2.85. The van der Waals surface area contributed by atoms with Crippen molar-refractivity contribution in [1.82, 2.24) is 5.43 Å². The van der Waals surface area contributed by atoms with Crippen LogP contribution in [0.15, 0.2) is 15.9 Å². The summed E-state index contributed by atoms with van der Waals surface area (Å²) in [6.07, 6.45) is 0. The van der Waals surface area contributed by atoms with E-state index < -0.39 is 0 Å². The van der Waals surface area contributed by atoms with Crippen molar-refractivity contribution in [1.29, 1.82) is 0 Å². The van der Waals surface area contributed by atoms with E-state index in [9.17, 15) is 0 Å². The molecule has 0 saturated carbocycles. The molecule has 10 heavy (non-hydrogen) atoms. The van der Waals surface area contributed by atoms with E-state index in [2.05, 4.69) is 27.4 Å². The summed E-state index contributed by atoms with van der Waals surface area (Å²) in [6.45, 7) is 2.03. The number of hydrazine groups is 1. The van der Waals surface area contributed by atoms with Gasteiger partial charge in [-0.05, 0) is 28.9 Å². The van der Waals surface area contributed by atoms with Gasteiger partial charge in [0.05, 0.1) is 6.04 Å². The number of thiophene rings is 1. The topological polar surface area (TPSA) is 38.0 Å². The molecular formula is C6H9BrN2S. The van der Waals surface area contributed by atoms with Crippen LogP contribution in [0, 0.1) is 0 Å². The van der Waals surface area contributed by atoms with Gasteiger partial charge in [0.25, 0.3) is 0 Å². The zero-order chi connectivity index (χ0) is 7.56. The second kappa shape index (κ2) is 3.48.